The van der Waals surface area contributed by atoms with Gasteiger partial charge in [0.1, 0.15) is 15.0 Å². The third-order valence-corrected chi connectivity index (χ3v) is 4.03. The summed E-state index contributed by atoms with van der Waals surface area (Å²) >= 11 is 9.71. The number of hydrazine groups is 2. The van der Waals surface area contributed by atoms with Gasteiger partial charge in [0, 0.05) is 23.1 Å². The maximum atomic E-state index is 5.09. The van der Waals surface area contributed by atoms with E-state index in [0.29, 0.717) is 5.82 Å². The average molecular weight is 596 g/mol. The fourth-order valence-corrected chi connectivity index (χ4v) is 2.06. The summed E-state index contributed by atoms with van der Waals surface area (Å²) in [7, 11) is 0. The molecule has 3 aromatic heterocycles. The van der Waals surface area contributed by atoms with Gasteiger partial charge in [0.05, 0.1) is 0 Å². The monoisotopic (exact) mass is 593 g/mol. The number of nitrogen functional groups attached to an aromatic ring is 1. The van der Waals surface area contributed by atoms with E-state index in [1.165, 1.54) is 5.56 Å². The van der Waals surface area contributed by atoms with E-state index in [2.05, 4.69) is 79.9 Å². The topological polar surface area (TPSA) is 129 Å². The number of hydrogen-bond donors (Lipinski definition) is 4. The van der Waals surface area contributed by atoms with Crippen molar-refractivity contribution in [2.45, 2.75) is 28.7 Å². The van der Waals surface area contributed by atoms with Gasteiger partial charge >= 0.3 is 0 Å². The second-order valence-corrected chi connectivity index (χ2v) is 7.36. The molecule has 7 nitrogen and oxygen atoms in total. The van der Waals surface area contributed by atoms with E-state index in [4.69, 9.17) is 5.84 Å². The lowest BCUT2D eigenvalue weighted by molar-refractivity contribution is 1.20. The highest BCUT2D eigenvalue weighted by Crippen LogP contribution is 2.10. The summed E-state index contributed by atoms with van der Waals surface area (Å²) in [6.45, 7) is 3.99. The molecule has 0 saturated carbocycles. The lowest BCUT2D eigenvalue weighted by Gasteiger charge is -1.96. The number of halogens is 3. The van der Waals surface area contributed by atoms with Gasteiger partial charge in [-0.2, -0.15) is 0 Å². The first kappa shape index (κ1) is 32.2. The zero-order chi connectivity index (χ0) is 20.7. The first-order valence-corrected chi connectivity index (χ1v) is 9.86. The molecular formula is C19H30Br3N7. The number of rotatable bonds is 1. The highest BCUT2D eigenvalue weighted by molar-refractivity contribution is 9.11. The van der Waals surface area contributed by atoms with E-state index in [0.717, 1.165) is 19.2 Å². The van der Waals surface area contributed by atoms with Crippen LogP contribution < -0.4 is 23.0 Å². The van der Waals surface area contributed by atoms with Crippen molar-refractivity contribution >= 4 is 53.6 Å². The van der Waals surface area contributed by atoms with Crippen molar-refractivity contribution in [2.24, 2.45) is 17.5 Å². The summed E-state index contributed by atoms with van der Waals surface area (Å²) in [6, 6.07) is 11.5. The molecule has 162 valence electrons. The van der Waals surface area contributed by atoms with Gasteiger partial charge in [-0.05, 0) is 97.0 Å². The van der Waals surface area contributed by atoms with Gasteiger partial charge in [-0.1, -0.05) is 27.0 Å². The van der Waals surface area contributed by atoms with Gasteiger partial charge in [-0.3, -0.25) is 11.7 Å². The zero-order valence-corrected chi connectivity index (χ0v) is 19.7. The Bertz CT molecular complexity index is 652. The van der Waals surface area contributed by atoms with Gasteiger partial charge in [-0.15, -0.1) is 0 Å². The fraction of sp³-hybridized carbons (Fsp3) is 0.211. The van der Waals surface area contributed by atoms with Crippen molar-refractivity contribution in [3.8, 4) is 0 Å². The van der Waals surface area contributed by atoms with Crippen molar-refractivity contribution < 1.29 is 0 Å². The third-order valence-electron chi connectivity index (χ3n) is 2.63. The Balaban J connectivity index is -0.000000325. The molecule has 29 heavy (non-hydrogen) atoms. The van der Waals surface area contributed by atoms with Crippen LogP contribution >= 0.6 is 47.8 Å². The van der Waals surface area contributed by atoms with Crippen molar-refractivity contribution in [2.75, 3.05) is 5.43 Å². The number of pyridine rings is 3. The van der Waals surface area contributed by atoms with Crippen LogP contribution in [0.3, 0.4) is 0 Å². The number of anilines is 1. The Labute approximate surface area is 199 Å². The summed E-state index contributed by atoms with van der Waals surface area (Å²) in [5.74, 6) is 13.8. The van der Waals surface area contributed by atoms with E-state index in [1.54, 1.807) is 12.4 Å². The second kappa shape index (κ2) is 19.9. The third kappa shape index (κ3) is 17.2. The highest BCUT2D eigenvalue weighted by atomic mass is 79.9. The first-order valence-electron chi connectivity index (χ1n) is 7.48. The van der Waals surface area contributed by atoms with E-state index < -0.39 is 0 Å². The molecule has 0 aliphatic carbocycles. The molecule has 0 atom stereocenters. The largest absolute Gasteiger partial charge is 0.308 e. The van der Waals surface area contributed by atoms with Crippen LogP contribution in [0.15, 0.2) is 68.7 Å². The Morgan fingerprint density at radius 2 is 1.14 bits per heavy atom. The van der Waals surface area contributed by atoms with E-state index >= 15 is 0 Å². The van der Waals surface area contributed by atoms with Crippen LogP contribution in [0.4, 0.5) is 5.82 Å². The van der Waals surface area contributed by atoms with Crippen LogP contribution in [-0.4, -0.2) is 15.0 Å². The second-order valence-electron chi connectivity index (χ2n) is 4.82. The normalized spacial score (nSPS) is 8.14. The predicted octanol–water partition coefficient (Wildman–Crippen LogP) is 5.53. The van der Waals surface area contributed by atoms with Crippen LogP contribution in [0.25, 0.3) is 0 Å². The molecule has 3 rings (SSSR count). The molecule has 0 bridgehead atoms. The molecule has 0 aromatic carbocycles. The number of nitrogens with one attached hydrogen (secondary N) is 1. The SMILES string of the molecule is Brc1ccc(Br)nc1.C.C.Cc1ccc(Br)nc1.Cc1ccc(NN)nc1.NN. The molecule has 0 amide bonds. The number of nitrogens with two attached hydrogens (primary N) is 3. The van der Waals surface area contributed by atoms with Gasteiger partial charge < -0.3 is 5.43 Å². The van der Waals surface area contributed by atoms with Gasteiger partial charge in [0.25, 0.3) is 0 Å². The molecule has 0 spiro atoms. The summed E-state index contributed by atoms with van der Waals surface area (Å²) in [4.78, 5) is 11.9. The Morgan fingerprint density at radius 1 is 0.690 bits per heavy atom. The lowest BCUT2D eigenvalue weighted by atomic mass is 10.3. The molecule has 3 aromatic rings. The summed E-state index contributed by atoms with van der Waals surface area (Å²) in [5.41, 5.74) is 4.76. The number of hydrogen-bond acceptors (Lipinski definition) is 7. The predicted molar refractivity (Wildman–Crippen MR) is 135 cm³/mol. The quantitative estimate of drug-likeness (QED) is 0.165. The first-order chi connectivity index (χ1) is 12.9. The lowest BCUT2D eigenvalue weighted by Crippen LogP contribution is -2.07. The van der Waals surface area contributed by atoms with Gasteiger partial charge in [0.15, 0.2) is 0 Å². The van der Waals surface area contributed by atoms with Crippen LogP contribution in [0.5, 0.6) is 0 Å². The Morgan fingerprint density at radius 3 is 1.41 bits per heavy atom. The number of nitrogens with zero attached hydrogens (tertiary/aromatic N) is 3. The van der Waals surface area contributed by atoms with Crippen LogP contribution in [0, 0.1) is 13.8 Å². The molecule has 0 saturated heterocycles. The molecule has 0 aliphatic heterocycles. The minimum Gasteiger partial charge on any atom is -0.308 e. The summed E-state index contributed by atoms with van der Waals surface area (Å²) in [6.07, 6.45) is 5.32. The van der Waals surface area contributed by atoms with Crippen LogP contribution in [0.2, 0.25) is 0 Å². The van der Waals surface area contributed by atoms with E-state index in [-0.39, 0.29) is 14.9 Å². The van der Waals surface area contributed by atoms with Crippen molar-refractivity contribution in [1.82, 2.24) is 15.0 Å². The van der Waals surface area contributed by atoms with Crippen LogP contribution in [0.1, 0.15) is 26.0 Å². The van der Waals surface area contributed by atoms with Crippen molar-refractivity contribution in [3.05, 3.63) is 79.8 Å². The van der Waals surface area contributed by atoms with Crippen LogP contribution in [-0.2, 0) is 0 Å². The Kier molecular flexibility index (Phi) is 22.1. The van der Waals surface area contributed by atoms with Gasteiger partial charge in [0.2, 0.25) is 0 Å². The molecule has 10 heteroatoms. The maximum absolute atomic E-state index is 5.09. The minimum atomic E-state index is 0. The smallest absolute Gasteiger partial charge is 0.139 e. The summed E-state index contributed by atoms with van der Waals surface area (Å²) in [5, 5.41) is 0. The maximum Gasteiger partial charge on any atom is 0.139 e. The molecule has 0 fully saturated rings. The zero-order valence-electron chi connectivity index (χ0n) is 14.9. The number of aryl methyl sites for hydroxylation is 2. The van der Waals surface area contributed by atoms with E-state index in [1.807, 2.05) is 56.4 Å². The van der Waals surface area contributed by atoms with Crippen molar-refractivity contribution in [1.29, 1.82) is 0 Å². The fourth-order valence-electron chi connectivity index (χ4n) is 1.36. The highest BCUT2D eigenvalue weighted by Gasteiger charge is 1.86. The van der Waals surface area contributed by atoms with Gasteiger partial charge in [-0.25, -0.2) is 20.8 Å². The van der Waals surface area contributed by atoms with Crippen molar-refractivity contribution in [3.63, 3.8) is 0 Å². The Hall–Kier alpha value is -1.43. The standard InChI is InChI=1S/C6H6BrN.C6H9N3.C5H3Br2N.2CH4.H4N2/c1-5-2-3-6(7)8-4-5;1-5-2-3-6(9-7)8-4-5;6-4-1-2-5(7)8-3-4;;;1-2/h2-4H,1H3;2-4H,7H2,1H3,(H,8,9);1-3H;2*1H4;1-2H2. The molecule has 0 aliphatic rings. The molecule has 7 N–H and O–H groups in total. The van der Waals surface area contributed by atoms with E-state index in [9.17, 15) is 0 Å². The average Bonchev–Trinajstić information content (AvgIpc) is 2.70. The minimum absolute atomic E-state index is 0. The number of aromatic nitrogens is 3. The molecule has 3 heterocycles. The molecule has 0 unspecified atom stereocenters. The molecular weight excluding hydrogens is 566 g/mol. The summed E-state index contributed by atoms with van der Waals surface area (Å²) < 4.78 is 2.75. The molecule has 0 radical (unpaired) electrons.